The molecule has 1 atom stereocenters. The van der Waals surface area contributed by atoms with Gasteiger partial charge in [0.15, 0.2) is 0 Å². The standard InChI is InChI=1S/C21H17ClN2O3S/c22-14-5-3-6-15(11-14)23-20(25)13-24-16-7-1-2-9-18(16)28-19(12-21(24)26)17-8-4-10-27-17/h1-11,19H,12-13H2,(H,23,25)/t19-/m0/s1. The first-order chi connectivity index (χ1) is 13.6. The molecule has 0 spiro atoms. The van der Waals surface area contributed by atoms with Crippen LogP contribution in [-0.4, -0.2) is 18.4 Å². The molecule has 1 aliphatic rings. The maximum absolute atomic E-state index is 13.0. The van der Waals surface area contributed by atoms with E-state index in [1.165, 1.54) is 4.90 Å². The molecular weight excluding hydrogens is 396 g/mol. The molecule has 1 aromatic heterocycles. The zero-order valence-corrected chi connectivity index (χ0v) is 16.4. The molecule has 142 valence electrons. The fourth-order valence-corrected chi connectivity index (χ4v) is 4.52. The number of carbonyl (C=O) groups is 2. The molecule has 4 rings (SSSR count). The number of fused-ring (bicyclic) bond motifs is 1. The van der Waals surface area contributed by atoms with E-state index in [2.05, 4.69) is 5.32 Å². The van der Waals surface area contributed by atoms with Gasteiger partial charge in [0.25, 0.3) is 0 Å². The third-order valence-electron chi connectivity index (χ3n) is 4.36. The summed E-state index contributed by atoms with van der Waals surface area (Å²) in [6.45, 7) is -0.0756. The molecule has 0 unspecified atom stereocenters. The molecule has 0 radical (unpaired) electrons. The summed E-state index contributed by atoms with van der Waals surface area (Å²) in [6, 6.07) is 18.2. The Hall–Kier alpha value is -2.70. The van der Waals surface area contributed by atoms with E-state index in [4.69, 9.17) is 16.0 Å². The number of halogens is 1. The average Bonchev–Trinajstić information content (AvgIpc) is 3.16. The number of carbonyl (C=O) groups excluding carboxylic acids is 2. The van der Waals surface area contributed by atoms with E-state index in [1.807, 2.05) is 36.4 Å². The van der Waals surface area contributed by atoms with Gasteiger partial charge in [-0.25, -0.2) is 0 Å². The molecule has 3 aromatic rings. The van der Waals surface area contributed by atoms with Gasteiger partial charge in [0.2, 0.25) is 11.8 Å². The number of hydrogen-bond donors (Lipinski definition) is 1. The summed E-state index contributed by atoms with van der Waals surface area (Å²) in [5.41, 5.74) is 1.32. The monoisotopic (exact) mass is 412 g/mol. The lowest BCUT2D eigenvalue weighted by atomic mass is 10.2. The van der Waals surface area contributed by atoms with Crippen molar-refractivity contribution in [2.75, 3.05) is 16.8 Å². The van der Waals surface area contributed by atoms with Crippen LogP contribution in [0.2, 0.25) is 5.02 Å². The van der Waals surface area contributed by atoms with Crippen LogP contribution in [0.15, 0.2) is 76.2 Å². The van der Waals surface area contributed by atoms with Crippen molar-refractivity contribution in [2.24, 2.45) is 0 Å². The highest BCUT2D eigenvalue weighted by Gasteiger charge is 2.31. The summed E-state index contributed by atoms with van der Waals surface area (Å²) in [6.07, 6.45) is 1.85. The number of thioether (sulfide) groups is 1. The average molecular weight is 413 g/mol. The minimum Gasteiger partial charge on any atom is -0.468 e. The van der Waals surface area contributed by atoms with Gasteiger partial charge < -0.3 is 14.6 Å². The lowest BCUT2D eigenvalue weighted by Gasteiger charge is -2.22. The van der Waals surface area contributed by atoms with E-state index in [0.717, 1.165) is 16.3 Å². The molecule has 28 heavy (non-hydrogen) atoms. The molecule has 2 amide bonds. The minimum absolute atomic E-state index is 0.0756. The van der Waals surface area contributed by atoms with Crippen molar-refractivity contribution in [3.05, 3.63) is 77.7 Å². The number of anilines is 2. The van der Waals surface area contributed by atoms with Gasteiger partial charge >= 0.3 is 0 Å². The largest absolute Gasteiger partial charge is 0.468 e. The van der Waals surface area contributed by atoms with Gasteiger partial charge in [-0.15, -0.1) is 11.8 Å². The maximum atomic E-state index is 13.0. The Morgan fingerprint density at radius 1 is 1.18 bits per heavy atom. The molecule has 5 nitrogen and oxygen atoms in total. The van der Waals surface area contributed by atoms with Crippen LogP contribution in [-0.2, 0) is 9.59 Å². The van der Waals surface area contributed by atoms with E-state index < -0.39 is 0 Å². The number of para-hydroxylation sites is 1. The topological polar surface area (TPSA) is 62.6 Å². The highest BCUT2D eigenvalue weighted by atomic mass is 35.5. The fraction of sp³-hybridized carbons (Fsp3) is 0.143. The summed E-state index contributed by atoms with van der Waals surface area (Å²) >= 11 is 7.54. The minimum atomic E-state index is -0.285. The SMILES string of the molecule is O=C(CN1C(=O)C[C@@H](c2ccco2)Sc2ccccc21)Nc1cccc(Cl)c1. The molecule has 0 aliphatic carbocycles. The van der Waals surface area contributed by atoms with Crippen molar-refractivity contribution in [1.82, 2.24) is 0 Å². The molecule has 7 heteroatoms. The van der Waals surface area contributed by atoms with Gasteiger partial charge in [0.1, 0.15) is 12.3 Å². The van der Waals surface area contributed by atoms with Crippen LogP contribution in [0.1, 0.15) is 17.4 Å². The Morgan fingerprint density at radius 3 is 2.82 bits per heavy atom. The highest BCUT2D eigenvalue weighted by molar-refractivity contribution is 7.99. The summed E-state index contributed by atoms with van der Waals surface area (Å²) in [5.74, 6) is 0.338. The Labute approximate surface area is 171 Å². The Balaban J connectivity index is 1.58. The fourth-order valence-electron chi connectivity index (χ4n) is 3.09. The van der Waals surface area contributed by atoms with Crippen molar-refractivity contribution in [3.8, 4) is 0 Å². The second kappa shape index (κ2) is 8.12. The number of nitrogens with zero attached hydrogens (tertiary/aromatic N) is 1. The third-order valence-corrected chi connectivity index (χ3v) is 5.87. The lowest BCUT2D eigenvalue weighted by Crippen LogP contribution is -2.38. The first-order valence-electron chi connectivity index (χ1n) is 8.75. The van der Waals surface area contributed by atoms with Crippen LogP contribution in [0.3, 0.4) is 0 Å². The van der Waals surface area contributed by atoms with Gasteiger partial charge in [-0.3, -0.25) is 9.59 Å². The van der Waals surface area contributed by atoms with E-state index in [9.17, 15) is 9.59 Å². The zero-order valence-electron chi connectivity index (χ0n) is 14.8. The predicted molar refractivity (Wildman–Crippen MR) is 111 cm³/mol. The number of furan rings is 1. The Morgan fingerprint density at radius 2 is 2.04 bits per heavy atom. The van der Waals surface area contributed by atoms with Gasteiger partial charge in [0.05, 0.1) is 17.2 Å². The van der Waals surface area contributed by atoms with E-state index in [0.29, 0.717) is 10.7 Å². The normalized spacial score (nSPS) is 16.4. The van der Waals surface area contributed by atoms with E-state index >= 15 is 0 Å². The number of benzene rings is 2. The number of hydrogen-bond acceptors (Lipinski definition) is 4. The van der Waals surface area contributed by atoms with E-state index in [-0.39, 0.29) is 30.0 Å². The molecule has 2 heterocycles. The van der Waals surface area contributed by atoms with Gasteiger partial charge in [0, 0.05) is 22.0 Å². The van der Waals surface area contributed by atoms with Crippen molar-refractivity contribution < 1.29 is 14.0 Å². The lowest BCUT2D eigenvalue weighted by molar-refractivity contribution is -0.121. The van der Waals surface area contributed by atoms with Gasteiger partial charge in [-0.1, -0.05) is 29.8 Å². The Kier molecular flexibility index (Phi) is 5.41. The second-order valence-electron chi connectivity index (χ2n) is 6.33. The summed E-state index contributed by atoms with van der Waals surface area (Å²) < 4.78 is 5.52. The number of nitrogens with one attached hydrogen (secondary N) is 1. The summed E-state index contributed by atoms with van der Waals surface area (Å²) in [4.78, 5) is 28.1. The first-order valence-corrected chi connectivity index (χ1v) is 10.0. The van der Waals surface area contributed by atoms with Crippen LogP contribution in [0.5, 0.6) is 0 Å². The first kappa shape index (κ1) is 18.7. The molecule has 1 aliphatic heterocycles. The predicted octanol–water partition coefficient (Wildman–Crippen LogP) is 5.14. The number of rotatable bonds is 4. The van der Waals surface area contributed by atoms with Gasteiger partial charge in [-0.05, 0) is 42.5 Å². The van der Waals surface area contributed by atoms with Crippen LogP contribution in [0, 0.1) is 0 Å². The second-order valence-corrected chi connectivity index (χ2v) is 8.01. The molecule has 1 N–H and O–H groups in total. The van der Waals surface area contributed by atoms with Crippen molar-refractivity contribution in [2.45, 2.75) is 16.6 Å². The molecule has 0 saturated heterocycles. The van der Waals surface area contributed by atoms with Crippen molar-refractivity contribution >= 4 is 46.6 Å². The van der Waals surface area contributed by atoms with Crippen molar-refractivity contribution in [1.29, 1.82) is 0 Å². The summed E-state index contributed by atoms with van der Waals surface area (Å²) in [5, 5.41) is 3.20. The van der Waals surface area contributed by atoms with Crippen LogP contribution < -0.4 is 10.2 Å². The molecule has 2 aromatic carbocycles. The van der Waals surface area contributed by atoms with E-state index in [1.54, 1.807) is 42.3 Å². The Bertz CT molecular complexity index is 1010. The summed E-state index contributed by atoms with van der Waals surface area (Å²) in [7, 11) is 0. The van der Waals surface area contributed by atoms with Crippen molar-refractivity contribution in [3.63, 3.8) is 0 Å². The van der Waals surface area contributed by atoms with Gasteiger partial charge in [-0.2, -0.15) is 0 Å². The van der Waals surface area contributed by atoms with Crippen LogP contribution >= 0.6 is 23.4 Å². The van der Waals surface area contributed by atoms with Crippen LogP contribution in [0.25, 0.3) is 0 Å². The molecule has 0 fully saturated rings. The highest BCUT2D eigenvalue weighted by Crippen LogP contribution is 2.45. The molecular formula is C21H17ClN2O3S. The quantitative estimate of drug-likeness (QED) is 0.644. The molecule has 0 bridgehead atoms. The smallest absolute Gasteiger partial charge is 0.244 e. The number of amides is 2. The zero-order chi connectivity index (χ0) is 19.5. The molecule has 0 saturated carbocycles. The third kappa shape index (κ3) is 4.08. The van der Waals surface area contributed by atoms with Crippen LogP contribution in [0.4, 0.5) is 11.4 Å². The maximum Gasteiger partial charge on any atom is 0.244 e.